The van der Waals surface area contributed by atoms with Gasteiger partial charge in [0.05, 0.1) is 10.9 Å². The van der Waals surface area contributed by atoms with Crippen LogP contribution in [0, 0.1) is 0 Å². The summed E-state index contributed by atoms with van der Waals surface area (Å²) in [6.45, 7) is 1.52. The van der Waals surface area contributed by atoms with Gasteiger partial charge in [-0.25, -0.2) is 18.4 Å². The van der Waals surface area contributed by atoms with Crippen LogP contribution < -0.4 is 10.6 Å². The van der Waals surface area contributed by atoms with Crippen molar-refractivity contribution in [1.29, 1.82) is 0 Å². The molecule has 10 heteroatoms. The number of nitrogen functional groups attached to an aromatic ring is 1. The normalized spacial score (nSPS) is 17.5. The van der Waals surface area contributed by atoms with Crippen LogP contribution in [0.2, 0.25) is 0 Å². The molecule has 0 spiro atoms. The molecule has 0 aliphatic carbocycles. The van der Waals surface area contributed by atoms with Crippen LogP contribution in [0.4, 0.5) is 11.6 Å². The molecule has 0 bridgehead atoms. The summed E-state index contributed by atoms with van der Waals surface area (Å²) in [4.78, 5) is 14.1. The molecule has 1 saturated heterocycles. The molecular weight excluding hydrogens is 402 g/mol. The number of benzene rings is 1. The van der Waals surface area contributed by atoms with Gasteiger partial charge in [-0.3, -0.25) is 4.68 Å². The zero-order chi connectivity index (χ0) is 20.7. The summed E-state index contributed by atoms with van der Waals surface area (Å²) in [5.41, 5.74) is 6.99. The molecule has 0 radical (unpaired) electrons. The monoisotopic (exact) mass is 423 g/mol. The predicted octanol–water partition coefficient (Wildman–Crippen LogP) is 2.41. The second kappa shape index (κ2) is 7.13. The zero-order valence-corrected chi connectivity index (χ0v) is 17.0. The largest absolute Gasteiger partial charge is 0.384 e. The van der Waals surface area contributed by atoms with Crippen LogP contribution in [0.15, 0.2) is 64.9 Å². The summed E-state index contributed by atoms with van der Waals surface area (Å²) in [6, 6.07) is 10.4. The summed E-state index contributed by atoms with van der Waals surface area (Å²) in [5.74, 6) is 0.717. The number of aromatic amines is 1. The van der Waals surface area contributed by atoms with Gasteiger partial charge in [0.15, 0.2) is 5.82 Å². The van der Waals surface area contributed by atoms with Gasteiger partial charge in [-0.2, -0.15) is 5.10 Å². The van der Waals surface area contributed by atoms with E-state index in [9.17, 15) is 8.42 Å². The molecule has 3 N–H and O–H groups in total. The molecule has 0 saturated carbocycles. The Bertz CT molecular complexity index is 1280. The smallest absolute Gasteiger partial charge is 0.212 e. The SMILES string of the molecule is Nc1[nH]c2c(N3CCCC(n4cccn4)C3)ncnc2c1S(=O)(=O)c1ccccc1. The Kier molecular flexibility index (Phi) is 4.43. The van der Waals surface area contributed by atoms with Crippen molar-refractivity contribution in [1.82, 2.24) is 24.7 Å². The molecule has 0 amide bonds. The lowest BCUT2D eigenvalue weighted by Crippen LogP contribution is -2.37. The molecule has 4 aromatic rings. The van der Waals surface area contributed by atoms with E-state index in [1.165, 1.54) is 6.33 Å². The fraction of sp³-hybridized carbons (Fsp3) is 0.250. The Labute approximate surface area is 173 Å². The van der Waals surface area contributed by atoms with Gasteiger partial charge in [0.1, 0.15) is 28.1 Å². The minimum Gasteiger partial charge on any atom is -0.384 e. The molecule has 1 aliphatic rings. The van der Waals surface area contributed by atoms with Crippen molar-refractivity contribution in [3.8, 4) is 0 Å². The maximum atomic E-state index is 13.2. The lowest BCUT2D eigenvalue weighted by Gasteiger charge is -2.33. The first kappa shape index (κ1) is 18.6. The van der Waals surface area contributed by atoms with Crippen LogP contribution in [-0.2, 0) is 9.84 Å². The highest BCUT2D eigenvalue weighted by Crippen LogP contribution is 2.36. The molecule has 30 heavy (non-hydrogen) atoms. The van der Waals surface area contributed by atoms with Gasteiger partial charge in [0.25, 0.3) is 0 Å². The second-order valence-electron chi connectivity index (χ2n) is 7.33. The summed E-state index contributed by atoms with van der Waals surface area (Å²) in [5, 5.41) is 4.36. The standard InChI is InChI=1S/C20H21N7O2S/c21-19-18(30(28,29)15-7-2-1-3-8-15)16-17(25-19)20(23-13-22-16)26-10-4-6-14(12-26)27-11-5-9-24-27/h1-3,5,7-9,11,13-14,25H,4,6,10,12,21H2. The Morgan fingerprint density at radius 2 is 1.97 bits per heavy atom. The summed E-state index contributed by atoms with van der Waals surface area (Å²) in [6.07, 6.45) is 7.12. The molecule has 5 rings (SSSR count). The molecule has 3 aromatic heterocycles. The number of fused-ring (bicyclic) bond motifs is 1. The summed E-state index contributed by atoms with van der Waals surface area (Å²) >= 11 is 0. The number of nitrogens with two attached hydrogens (primary N) is 1. The maximum Gasteiger partial charge on any atom is 0.212 e. The van der Waals surface area contributed by atoms with E-state index >= 15 is 0 Å². The minimum absolute atomic E-state index is 0.00649. The number of aromatic nitrogens is 5. The van der Waals surface area contributed by atoms with Crippen molar-refractivity contribution in [3.05, 3.63) is 55.1 Å². The molecule has 1 aliphatic heterocycles. The predicted molar refractivity (Wildman–Crippen MR) is 113 cm³/mol. The lowest BCUT2D eigenvalue weighted by molar-refractivity contribution is 0.375. The number of nitrogens with zero attached hydrogens (tertiary/aromatic N) is 5. The fourth-order valence-corrected chi connectivity index (χ4v) is 5.57. The zero-order valence-electron chi connectivity index (χ0n) is 16.1. The number of hydrogen-bond donors (Lipinski definition) is 2. The molecule has 154 valence electrons. The Morgan fingerprint density at radius 1 is 1.13 bits per heavy atom. The van der Waals surface area contributed by atoms with Gasteiger partial charge in [0, 0.05) is 25.5 Å². The number of nitrogens with one attached hydrogen (secondary N) is 1. The van der Waals surface area contributed by atoms with E-state index in [1.807, 2.05) is 16.9 Å². The highest BCUT2D eigenvalue weighted by molar-refractivity contribution is 7.92. The molecule has 1 atom stereocenters. The number of anilines is 2. The van der Waals surface area contributed by atoms with Gasteiger partial charge >= 0.3 is 0 Å². The third kappa shape index (κ3) is 3.00. The fourth-order valence-electron chi connectivity index (χ4n) is 4.07. The van der Waals surface area contributed by atoms with Gasteiger partial charge in [-0.15, -0.1) is 0 Å². The molecule has 9 nitrogen and oxygen atoms in total. The third-order valence-corrected chi connectivity index (χ3v) is 7.31. The number of sulfone groups is 1. The molecule has 1 unspecified atom stereocenters. The number of piperidine rings is 1. The van der Waals surface area contributed by atoms with E-state index in [2.05, 4.69) is 25.0 Å². The Balaban J connectivity index is 1.58. The summed E-state index contributed by atoms with van der Waals surface area (Å²) in [7, 11) is -3.83. The van der Waals surface area contributed by atoms with E-state index < -0.39 is 9.84 Å². The maximum absolute atomic E-state index is 13.2. The summed E-state index contributed by atoms with van der Waals surface area (Å²) < 4.78 is 28.4. The average molecular weight is 424 g/mol. The van der Waals surface area contributed by atoms with Crippen molar-refractivity contribution in [3.63, 3.8) is 0 Å². The Hall–Kier alpha value is -3.40. The van der Waals surface area contributed by atoms with Gasteiger partial charge in [0.2, 0.25) is 9.84 Å². The lowest BCUT2D eigenvalue weighted by atomic mass is 10.1. The topological polar surface area (TPSA) is 123 Å². The van der Waals surface area contributed by atoms with Gasteiger partial charge in [-0.05, 0) is 31.0 Å². The number of H-pyrrole nitrogens is 1. The quantitative estimate of drug-likeness (QED) is 0.517. The van der Waals surface area contributed by atoms with Crippen LogP contribution in [0.25, 0.3) is 11.0 Å². The van der Waals surface area contributed by atoms with E-state index in [-0.39, 0.29) is 21.7 Å². The highest BCUT2D eigenvalue weighted by atomic mass is 32.2. The van der Waals surface area contributed by atoms with Crippen LogP contribution >= 0.6 is 0 Å². The van der Waals surface area contributed by atoms with Crippen molar-refractivity contribution < 1.29 is 8.42 Å². The van der Waals surface area contributed by atoms with Crippen molar-refractivity contribution in [2.45, 2.75) is 28.7 Å². The van der Waals surface area contributed by atoms with E-state index in [0.29, 0.717) is 23.4 Å². The number of hydrogen-bond acceptors (Lipinski definition) is 7. The van der Waals surface area contributed by atoms with Crippen LogP contribution in [0.1, 0.15) is 18.9 Å². The van der Waals surface area contributed by atoms with Gasteiger partial charge in [-0.1, -0.05) is 18.2 Å². The highest BCUT2D eigenvalue weighted by Gasteiger charge is 2.30. The van der Waals surface area contributed by atoms with Crippen LogP contribution in [0.5, 0.6) is 0 Å². The first-order chi connectivity index (χ1) is 14.6. The average Bonchev–Trinajstić information content (AvgIpc) is 3.42. The molecule has 4 heterocycles. The first-order valence-electron chi connectivity index (χ1n) is 9.72. The van der Waals surface area contributed by atoms with Crippen molar-refractivity contribution >= 4 is 32.5 Å². The van der Waals surface area contributed by atoms with E-state index in [4.69, 9.17) is 5.73 Å². The molecule has 1 aromatic carbocycles. The Morgan fingerprint density at radius 3 is 2.73 bits per heavy atom. The molecule has 1 fully saturated rings. The third-order valence-electron chi connectivity index (χ3n) is 5.46. The van der Waals surface area contributed by atoms with Crippen molar-refractivity contribution in [2.24, 2.45) is 0 Å². The number of rotatable bonds is 4. The van der Waals surface area contributed by atoms with Gasteiger partial charge < -0.3 is 15.6 Å². The molecular formula is C20H21N7O2S. The van der Waals surface area contributed by atoms with E-state index in [0.717, 1.165) is 19.4 Å². The van der Waals surface area contributed by atoms with E-state index in [1.54, 1.807) is 36.5 Å². The first-order valence-corrected chi connectivity index (χ1v) is 11.2. The second-order valence-corrected chi connectivity index (χ2v) is 9.22. The van der Waals surface area contributed by atoms with Crippen LogP contribution in [-0.4, -0.2) is 46.2 Å². The van der Waals surface area contributed by atoms with Crippen molar-refractivity contribution in [2.75, 3.05) is 23.7 Å². The minimum atomic E-state index is -3.83. The van der Waals surface area contributed by atoms with Crippen LogP contribution in [0.3, 0.4) is 0 Å².